The van der Waals surface area contributed by atoms with E-state index in [2.05, 4.69) is 20.8 Å². The van der Waals surface area contributed by atoms with Crippen molar-refractivity contribution in [3.05, 3.63) is 23.3 Å². The maximum Gasteiger partial charge on any atom is 0.315 e. The Hall–Kier alpha value is -1.75. The highest BCUT2D eigenvalue weighted by Crippen LogP contribution is 2.56. The Kier molecular flexibility index (Phi) is 6.19. The number of aliphatic hydroxyl groups excluding tert-OH is 1. The summed E-state index contributed by atoms with van der Waals surface area (Å²) in [5, 5.41) is 20.7. The molecule has 5 heteroatoms. The van der Waals surface area contributed by atoms with Crippen molar-refractivity contribution in [2.45, 2.75) is 83.7 Å². The molecule has 29 heavy (non-hydrogen) atoms. The number of hydrogen-bond donors (Lipinski definition) is 2. The predicted molar refractivity (Wildman–Crippen MR) is 112 cm³/mol. The van der Waals surface area contributed by atoms with E-state index in [0.717, 1.165) is 37.7 Å². The summed E-state index contributed by atoms with van der Waals surface area (Å²) in [5.74, 6) is 1.23. The molecule has 2 aliphatic rings. The second-order valence-corrected chi connectivity index (χ2v) is 9.80. The number of benzene rings is 1. The minimum absolute atomic E-state index is 0.147. The van der Waals surface area contributed by atoms with Gasteiger partial charge in [-0.25, -0.2) is 0 Å². The van der Waals surface area contributed by atoms with Gasteiger partial charge in [-0.15, -0.1) is 0 Å². The number of carbonyl (C=O) groups excluding carboxylic acids is 1. The number of phenols is 1. The fourth-order valence-electron chi connectivity index (χ4n) is 4.97. The molecule has 1 heterocycles. The summed E-state index contributed by atoms with van der Waals surface area (Å²) in [6.07, 6.45) is 4.60. The first-order valence-electron chi connectivity index (χ1n) is 11.0. The number of phenolic OH excluding ortho intramolecular Hbond substituents is 1. The minimum atomic E-state index is -0.884. The maximum absolute atomic E-state index is 12.7. The molecule has 3 atom stereocenters. The second-order valence-electron chi connectivity index (χ2n) is 9.80. The van der Waals surface area contributed by atoms with Crippen LogP contribution in [0.3, 0.4) is 0 Å². The number of aromatic hydroxyl groups is 1. The number of aliphatic hydroxyl groups is 1. The molecule has 162 valence electrons. The SMILES string of the molecule is CCCCOC(=O)C(C)(C)c1cc(O)c2c(c1)OC(C)(C)[C@@H]1CC[C@@H](CO)CC21. The second kappa shape index (κ2) is 8.17. The van der Waals surface area contributed by atoms with Crippen LogP contribution in [-0.2, 0) is 14.9 Å². The van der Waals surface area contributed by atoms with Gasteiger partial charge in [0.2, 0.25) is 0 Å². The fourth-order valence-corrected chi connectivity index (χ4v) is 4.97. The molecule has 3 rings (SSSR count). The zero-order valence-electron chi connectivity index (χ0n) is 18.5. The van der Waals surface area contributed by atoms with E-state index in [4.69, 9.17) is 9.47 Å². The van der Waals surface area contributed by atoms with E-state index in [9.17, 15) is 15.0 Å². The minimum Gasteiger partial charge on any atom is -0.508 e. The first-order valence-corrected chi connectivity index (χ1v) is 11.0. The average Bonchev–Trinajstić information content (AvgIpc) is 2.66. The van der Waals surface area contributed by atoms with Gasteiger partial charge in [0, 0.05) is 18.1 Å². The lowest BCUT2D eigenvalue weighted by Crippen LogP contribution is -2.47. The largest absolute Gasteiger partial charge is 0.508 e. The summed E-state index contributed by atoms with van der Waals surface area (Å²) in [7, 11) is 0. The standard InChI is InChI=1S/C24H36O5/c1-6-7-10-28-22(27)23(2,3)16-12-19(26)21-17-11-15(14-25)8-9-18(17)24(4,5)29-20(21)13-16/h12-13,15,17-18,25-26H,6-11,14H2,1-5H3/t15-,17?,18-/m1/s1. The van der Waals surface area contributed by atoms with Crippen LogP contribution in [0.1, 0.15) is 83.8 Å². The van der Waals surface area contributed by atoms with Gasteiger partial charge in [0.25, 0.3) is 0 Å². The van der Waals surface area contributed by atoms with Crippen LogP contribution in [-0.4, -0.2) is 35.0 Å². The van der Waals surface area contributed by atoms with Gasteiger partial charge in [0.05, 0.1) is 12.0 Å². The fraction of sp³-hybridized carbons (Fsp3) is 0.708. The number of unbranched alkanes of at least 4 members (excludes halogenated alkanes) is 1. The molecule has 0 radical (unpaired) electrons. The molecule has 5 nitrogen and oxygen atoms in total. The number of rotatable bonds is 6. The Morgan fingerprint density at radius 1 is 1.31 bits per heavy atom. The number of hydrogen-bond acceptors (Lipinski definition) is 5. The van der Waals surface area contributed by atoms with Crippen molar-refractivity contribution in [3.63, 3.8) is 0 Å². The van der Waals surface area contributed by atoms with Crippen LogP contribution < -0.4 is 4.74 Å². The molecule has 1 aromatic carbocycles. The lowest BCUT2D eigenvalue weighted by molar-refractivity contribution is -0.149. The smallest absolute Gasteiger partial charge is 0.315 e. The van der Waals surface area contributed by atoms with Crippen molar-refractivity contribution < 1.29 is 24.5 Å². The summed E-state index contributed by atoms with van der Waals surface area (Å²) in [6.45, 7) is 10.5. The van der Waals surface area contributed by atoms with Gasteiger partial charge in [0.15, 0.2) is 0 Å². The normalized spacial score (nSPS) is 25.5. The number of fused-ring (bicyclic) bond motifs is 3. The van der Waals surface area contributed by atoms with Crippen molar-refractivity contribution in [1.82, 2.24) is 0 Å². The number of carbonyl (C=O) groups is 1. The van der Waals surface area contributed by atoms with Crippen molar-refractivity contribution in [3.8, 4) is 11.5 Å². The van der Waals surface area contributed by atoms with Crippen LogP contribution in [0.15, 0.2) is 12.1 Å². The molecule has 1 saturated carbocycles. The highest BCUT2D eigenvalue weighted by molar-refractivity contribution is 5.82. The van der Waals surface area contributed by atoms with Gasteiger partial charge in [-0.1, -0.05) is 13.3 Å². The van der Waals surface area contributed by atoms with Gasteiger partial charge < -0.3 is 19.7 Å². The Morgan fingerprint density at radius 2 is 2.03 bits per heavy atom. The van der Waals surface area contributed by atoms with Crippen LogP contribution >= 0.6 is 0 Å². The highest BCUT2D eigenvalue weighted by atomic mass is 16.5. The highest BCUT2D eigenvalue weighted by Gasteiger charge is 2.48. The third-order valence-corrected chi connectivity index (χ3v) is 6.94. The van der Waals surface area contributed by atoms with E-state index in [-0.39, 0.29) is 35.8 Å². The molecule has 1 fully saturated rings. The van der Waals surface area contributed by atoms with Gasteiger partial charge in [-0.3, -0.25) is 4.79 Å². The molecule has 2 N–H and O–H groups in total. The molecule has 1 aromatic rings. The molecule has 0 bridgehead atoms. The van der Waals surface area contributed by atoms with Crippen molar-refractivity contribution in [2.75, 3.05) is 13.2 Å². The van der Waals surface area contributed by atoms with Gasteiger partial charge in [0.1, 0.15) is 17.1 Å². The maximum atomic E-state index is 12.7. The first kappa shape index (κ1) is 21.9. The van der Waals surface area contributed by atoms with Crippen LogP contribution in [0.4, 0.5) is 0 Å². The summed E-state index contributed by atoms with van der Waals surface area (Å²) in [5.41, 5.74) is 0.269. The van der Waals surface area contributed by atoms with Gasteiger partial charge >= 0.3 is 5.97 Å². The summed E-state index contributed by atoms with van der Waals surface area (Å²) >= 11 is 0. The molecule has 1 aliphatic heterocycles. The molecule has 0 saturated heterocycles. The van der Waals surface area contributed by atoms with E-state index in [1.807, 2.05) is 19.9 Å². The van der Waals surface area contributed by atoms with Crippen LogP contribution in [0.5, 0.6) is 11.5 Å². The van der Waals surface area contributed by atoms with Crippen LogP contribution in [0.2, 0.25) is 0 Å². The van der Waals surface area contributed by atoms with Crippen molar-refractivity contribution >= 4 is 5.97 Å². The average molecular weight is 405 g/mol. The predicted octanol–water partition coefficient (Wildman–Crippen LogP) is 4.68. The molecular weight excluding hydrogens is 368 g/mol. The van der Waals surface area contributed by atoms with E-state index in [1.54, 1.807) is 6.07 Å². The zero-order chi connectivity index (χ0) is 21.4. The number of esters is 1. The summed E-state index contributed by atoms with van der Waals surface area (Å²) < 4.78 is 11.8. The lowest BCUT2D eigenvalue weighted by Gasteiger charge is -2.49. The quantitative estimate of drug-likeness (QED) is 0.532. The monoisotopic (exact) mass is 404 g/mol. The van der Waals surface area contributed by atoms with E-state index in [1.165, 1.54) is 0 Å². The number of ether oxygens (including phenoxy) is 2. The first-order chi connectivity index (χ1) is 13.6. The van der Waals surface area contributed by atoms with Crippen molar-refractivity contribution in [1.29, 1.82) is 0 Å². The molecular formula is C24H36O5. The van der Waals surface area contributed by atoms with E-state index in [0.29, 0.717) is 23.8 Å². The lowest BCUT2D eigenvalue weighted by atomic mass is 9.63. The Labute approximate surface area is 174 Å². The van der Waals surface area contributed by atoms with Gasteiger partial charge in [-0.2, -0.15) is 0 Å². The Morgan fingerprint density at radius 3 is 2.69 bits per heavy atom. The summed E-state index contributed by atoms with van der Waals surface area (Å²) in [4.78, 5) is 12.7. The topological polar surface area (TPSA) is 76.0 Å². The third-order valence-electron chi connectivity index (χ3n) is 6.94. The molecule has 0 amide bonds. The Bertz CT molecular complexity index is 752. The molecule has 0 aromatic heterocycles. The summed E-state index contributed by atoms with van der Waals surface area (Å²) in [6, 6.07) is 3.60. The van der Waals surface area contributed by atoms with Crippen molar-refractivity contribution in [2.24, 2.45) is 11.8 Å². The van der Waals surface area contributed by atoms with Gasteiger partial charge in [-0.05, 0) is 82.9 Å². The van der Waals surface area contributed by atoms with E-state index >= 15 is 0 Å². The Balaban J connectivity index is 1.96. The molecule has 1 unspecified atom stereocenters. The van der Waals surface area contributed by atoms with E-state index < -0.39 is 5.41 Å². The molecule has 0 spiro atoms. The van der Waals surface area contributed by atoms with Crippen LogP contribution in [0, 0.1) is 11.8 Å². The molecule has 1 aliphatic carbocycles. The third kappa shape index (κ3) is 4.11. The zero-order valence-corrected chi connectivity index (χ0v) is 18.5. The van der Waals surface area contributed by atoms with Crippen LogP contribution in [0.25, 0.3) is 0 Å².